The molecule has 0 bridgehead atoms. The standard InChI is InChI=1S/C13H16FN3/c1-13(7-2-3-8-15-13)12-16-10-6-4-5-9(14)11(10)17-12/h4-6,15H,2-3,7-8H2,1H3,(H,16,17). The fraction of sp³-hybridized carbons (Fsp3) is 0.462. The van der Waals surface area contributed by atoms with Crippen LogP contribution in [0.4, 0.5) is 4.39 Å². The van der Waals surface area contributed by atoms with Crippen LogP contribution >= 0.6 is 0 Å². The number of H-pyrrole nitrogens is 1. The second kappa shape index (κ2) is 3.81. The van der Waals surface area contributed by atoms with Crippen LogP contribution < -0.4 is 5.32 Å². The molecule has 3 nitrogen and oxygen atoms in total. The number of hydrogen-bond acceptors (Lipinski definition) is 2. The molecule has 1 aliphatic heterocycles. The Labute approximate surface area is 99.4 Å². The maximum absolute atomic E-state index is 13.6. The highest BCUT2D eigenvalue weighted by Gasteiger charge is 2.31. The number of para-hydroxylation sites is 1. The van der Waals surface area contributed by atoms with Crippen molar-refractivity contribution in [3.05, 3.63) is 29.8 Å². The predicted octanol–water partition coefficient (Wildman–Crippen LogP) is 2.69. The van der Waals surface area contributed by atoms with Crippen LogP contribution in [0, 0.1) is 5.82 Å². The molecule has 2 aromatic rings. The average Bonchev–Trinajstić information content (AvgIpc) is 2.76. The van der Waals surface area contributed by atoms with Crippen molar-refractivity contribution in [1.29, 1.82) is 0 Å². The van der Waals surface area contributed by atoms with Crippen molar-refractivity contribution < 1.29 is 4.39 Å². The highest BCUT2D eigenvalue weighted by molar-refractivity contribution is 5.75. The van der Waals surface area contributed by atoms with Gasteiger partial charge in [-0.15, -0.1) is 0 Å². The van der Waals surface area contributed by atoms with E-state index in [9.17, 15) is 4.39 Å². The normalized spacial score (nSPS) is 25.3. The second-order valence-electron chi connectivity index (χ2n) is 4.94. The summed E-state index contributed by atoms with van der Waals surface area (Å²) in [6.45, 7) is 3.12. The lowest BCUT2D eigenvalue weighted by molar-refractivity contribution is 0.271. The zero-order valence-electron chi connectivity index (χ0n) is 9.89. The highest BCUT2D eigenvalue weighted by Crippen LogP contribution is 2.29. The van der Waals surface area contributed by atoms with Gasteiger partial charge >= 0.3 is 0 Å². The third kappa shape index (κ3) is 1.72. The molecule has 1 aliphatic rings. The number of hydrogen-bond donors (Lipinski definition) is 2. The highest BCUT2D eigenvalue weighted by atomic mass is 19.1. The monoisotopic (exact) mass is 233 g/mol. The topological polar surface area (TPSA) is 40.7 Å². The van der Waals surface area contributed by atoms with Gasteiger partial charge in [0, 0.05) is 0 Å². The first kappa shape index (κ1) is 10.7. The molecule has 1 fully saturated rings. The van der Waals surface area contributed by atoms with Crippen LogP contribution in [0.2, 0.25) is 0 Å². The zero-order valence-corrected chi connectivity index (χ0v) is 9.89. The Morgan fingerprint density at radius 2 is 2.24 bits per heavy atom. The van der Waals surface area contributed by atoms with E-state index in [0.29, 0.717) is 5.52 Å². The Hall–Kier alpha value is -1.42. The van der Waals surface area contributed by atoms with Crippen LogP contribution in [0.5, 0.6) is 0 Å². The number of benzene rings is 1. The Morgan fingerprint density at radius 3 is 2.94 bits per heavy atom. The molecule has 1 atom stereocenters. The maximum atomic E-state index is 13.6. The number of fused-ring (bicyclic) bond motifs is 1. The van der Waals surface area contributed by atoms with E-state index in [1.165, 1.54) is 18.9 Å². The largest absolute Gasteiger partial charge is 0.340 e. The first-order chi connectivity index (χ1) is 8.19. The van der Waals surface area contributed by atoms with Crippen molar-refractivity contribution in [1.82, 2.24) is 15.3 Å². The molecular weight excluding hydrogens is 217 g/mol. The molecule has 90 valence electrons. The van der Waals surface area contributed by atoms with Crippen LogP contribution in [0.15, 0.2) is 18.2 Å². The molecule has 1 saturated heterocycles. The van der Waals surface area contributed by atoms with Gasteiger partial charge in [-0.1, -0.05) is 6.07 Å². The molecule has 1 aromatic carbocycles. The van der Waals surface area contributed by atoms with Crippen molar-refractivity contribution in [2.24, 2.45) is 0 Å². The smallest absolute Gasteiger partial charge is 0.151 e. The summed E-state index contributed by atoms with van der Waals surface area (Å²) in [6, 6.07) is 5.01. The van der Waals surface area contributed by atoms with E-state index in [4.69, 9.17) is 0 Å². The molecule has 4 heteroatoms. The molecule has 0 amide bonds. The summed E-state index contributed by atoms with van der Waals surface area (Å²) >= 11 is 0. The number of nitrogens with zero attached hydrogens (tertiary/aromatic N) is 1. The fourth-order valence-corrected chi connectivity index (χ4v) is 2.52. The van der Waals surface area contributed by atoms with Crippen LogP contribution in [0.25, 0.3) is 11.0 Å². The number of halogens is 1. The van der Waals surface area contributed by atoms with Crippen molar-refractivity contribution >= 4 is 11.0 Å². The molecule has 0 saturated carbocycles. The van der Waals surface area contributed by atoms with Crippen molar-refractivity contribution in [2.75, 3.05) is 6.54 Å². The minimum Gasteiger partial charge on any atom is -0.340 e. The lowest BCUT2D eigenvalue weighted by Gasteiger charge is -2.33. The Kier molecular flexibility index (Phi) is 2.40. The van der Waals surface area contributed by atoms with Gasteiger partial charge in [0.1, 0.15) is 11.3 Å². The molecule has 3 rings (SSSR count). The van der Waals surface area contributed by atoms with Crippen LogP contribution in [-0.4, -0.2) is 16.5 Å². The molecule has 0 radical (unpaired) electrons. The van der Waals surface area contributed by atoms with Crippen molar-refractivity contribution in [2.45, 2.75) is 31.7 Å². The summed E-state index contributed by atoms with van der Waals surface area (Å²) in [5, 5.41) is 3.48. The third-order valence-electron chi connectivity index (χ3n) is 3.60. The van der Waals surface area contributed by atoms with Gasteiger partial charge in [0.2, 0.25) is 0 Å². The van der Waals surface area contributed by atoms with E-state index in [0.717, 1.165) is 24.3 Å². The third-order valence-corrected chi connectivity index (χ3v) is 3.60. The number of imidazole rings is 1. The van der Waals surface area contributed by atoms with Crippen LogP contribution in [0.3, 0.4) is 0 Å². The van der Waals surface area contributed by atoms with E-state index in [1.807, 2.05) is 6.07 Å². The molecular formula is C13H16FN3. The Balaban J connectivity index is 2.08. The number of aromatic amines is 1. The molecule has 0 spiro atoms. The van der Waals surface area contributed by atoms with Gasteiger partial charge in [-0.25, -0.2) is 9.37 Å². The van der Waals surface area contributed by atoms with E-state index in [1.54, 1.807) is 6.07 Å². The molecule has 2 heterocycles. The van der Waals surface area contributed by atoms with Gasteiger partial charge in [-0.05, 0) is 44.9 Å². The van der Waals surface area contributed by atoms with Gasteiger partial charge in [0.25, 0.3) is 0 Å². The Morgan fingerprint density at radius 1 is 1.35 bits per heavy atom. The average molecular weight is 233 g/mol. The number of nitrogens with one attached hydrogen (secondary N) is 2. The van der Waals surface area contributed by atoms with Crippen LogP contribution in [-0.2, 0) is 5.54 Å². The van der Waals surface area contributed by atoms with Gasteiger partial charge < -0.3 is 10.3 Å². The summed E-state index contributed by atoms with van der Waals surface area (Å²) in [5.74, 6) is 0.585. The van der Waals surface area contributed by atoms with Gasteiger partial charge in [0.05, 0.1) is 11.1 Å². The van der Waals surface area contributed by atoms with E-state index in [-0.39, 0.29) is 11.4 Å². The summed E-state index contributed by atoms with van der Waals surface area (Å²) in [4.78, 5) is 7.65. The van der Waals surface area contributed by atoms with E-state index >= 15 is 0 Å². The predicted molar refractivity (Wildman–Crippen MR) is 65.3 cm³/mol. The van der Waals surface area contributed by atoms with E-state index < -0.39 is 0 Å². The summed E-state index contributed by atoms with van der Waals surface area (Å²) in [5.41, 5.74) is 1.06. The first-order valence-electron chi connectivity index (χ1n) is 6.09. The second-order valence-corrected chi connectivity index (χ2v) is 4.94. The summed E-state index contributed by atoms with van der Waals surface area (Å²) in [6.07, 6.45) is 3.42. The zero-order chi connectivity index (χ0) is 11.9. The van der Waals surface area contributed by atoms with E-state index in [2.05, 4.69) is 22.2 Å². The first-order valence-corrected chi connectivity index (χ1v) is 6.09. The quantitative estimate of drug-likeness (QED) is 0.795. The van der Waals surface area contributed by atoms with Gasteiger partial charge in [-0.3, -0.25) is 0 Å². The SMILES string of the molecule is CC1(c2nc3c(F)cccc3[nH]2)CCCCN1. The van der Waals surface area contributed by atoms with Crippen LogP contribution in [0.1, 0.15) is 32.0 Å². The summed E-state index contributed by atoms with van der Waals surface area (Å²) in [7, 11) is 0. The number of aromatic nitrogens is 2. The number of piperidine rings is 1. The molecule has 1 aromatic heterocycles. The lowest BCUT2D eigenvalue weighted by Crippen LogP contribution is -2.44. The molecule has 0 aliphatic carbocycles. The molecule has 1 unspecified atom stereocenters. The van der Waals surface area contributed by atoms with Gasteiger partial charge in [-0.2, -0.15) is 0 Å². The van der Waals surface area contributed by atoms with Gasteiger partial charge in [0.15, 0.2) is 5.82 Å². The van der Waals surface area contributed by atoms with Crippen molar-refractivity contribution in [3.63, 3.8) is 0 Å². The number of rotatable bonds is 1. The maximum Gasteiger partial charge on any atom is 0.151 e. The van der Waals surface area contributed by atoms with Crippen molar-refractivity contribution in [3.8, 4) is 0 Å². The summed E-state index contributed by atoms with van der Waals surface area (Å²) < 4.78 is 13.6. The lowest BCUT2D eigenvalue weighted by atomic mass is 9.90. The minimum atomic E-state index is -0.260. The molecule has 2 N–H and O–H groups in total. The molecule has 17 heavy (non-hydrogen) atoms. The fourth-order valence-electron chi connectivity index (χ4n) is 2.52. The Bertz CT molecular complexity index is 541. The minimum absolute atomic E-state index is 0.149.